The van der Waals surface area contributed by atoms with Crippen LogP contribution in [0, 0.1) is 11.8 Å². The lowest BCUT2D eigenvalue weighted by molar-refractivity contribution is 0.0522. The second-order valence-electron chi connectivity index (χ2n) is 8.16. The van der Waals surface area contributed by atoms with E-state index in [4.69, 9.17) is 4.98 Å². The molecule has 28 heavy (non-hydrogen) atoms. The van der Waals surface area contributed by atoms with E-state index in [-0.39, 0.29) is 5.91 Å². The summed E-state index contributed by atoms with van der Waals surface area (Å²) in [6.45, 7) is 1.78. The predicted octanol–water partition coefficient (Wildman–Crippen LogP) is 4.95. The number of piperidine rings is 1. The topological polar surface area (TPSA) is 46.1 Å². The summed E-state index contributed by atoms with van der Waals surface area (Å²) in [4.78, 5) is 24.6. The van der Waals surface area contributed by atoms with Crippen molar-refractivity contribution in [2.45, 2.75) is 32.1 Å². The summed E-state index contributed by atoms with van der Waals surface area (Å²) in [5.74, 6) is 1.64. The minimum atomic E-state index is 0.146. The van der Waals surface area contributed by atoms with Gasteiger partial charge < -0.3 is 4.90 Å². The van der Waals surface area contributed by atoms with Crippen LogP contribution in [-0.2, 0) is 0 Å². The van der Waals surface area contributed by atoms with Crippen LogP contribution >= 0.6 is 0 Å². The minimum absolute atomic E-state index is 0.146. The van der Waals surface area contributed by atoms with Crippen molar-refractivity contribution in [3.8, 4) is 11.3 Å². The number of fused-ring (bicyclic) bond motifs is 2. The lowest BCUT2D eigenvalue weighted by atomic mass is 9.75. The van der Waals surface area contributed by atoms with Crippen molar-refractivity contribution >= 4 is 16.8 Å². The molecule has 2 fully saturated rings. The molecule has 2 aliphatic rings. The molecule has 0 unspecified atom stereocenters. The Labute approximate surface area is 165 Å². The Kier molecular flexibility index (Phi) is 4.55. The lowest BCUT2D eigenvalue weighted by Crippen LogP contribution is -2.44. The van der Waals surface area contributed by atoms with Crippen LogP contribution in [0.25, 0.3) is 22.2 Å². The molecular weight excluding hydrogens is 346 g/mol. The van der Waals surface area contributed by atoms with Crippen molar-refractivity contribution in [2.24, 2.45) is 11.8 Å². The van der Waals surface area contributed by atoms with E-state index in [0.29, 0.717) is 5.92 Å². The second kappa shape index (κ2) is 7.34. The first kappa shape index (κ1) is 17.4. The number of hydrogen-bond acceptors (Lipinski definition) is 3. The molecule has 0 bridgehead atoms. The molecule has 0 N–H and O–H groups in total. The first-order valence-electron chi connectivity index (χ1n) is 10.4. The number of nitrogens with zero attached hydrogens (tertiary/aromatic N) is 3. The van der Waals surface area contributed by atoms with Crippen molar-refractivity contribution < 1.29 is 4.79 Å². The second-order valence-corrected chi connectivity index (χ2v) is 8.16. The summed E-state index contributed by atoms with van der Waals surface area (Å²) in [5.41, 5.74) is 3.37. The number of aromatic nitrogens is 2. The summed E-state index contributed by atoms with van der Waals surface area (Å²) in [5, 5.41) is 0.936. The Morgan fingerprint density at radius 3 is 2.71 bits per heavy atom. The van der Waals surface area contributed by atoms with Crippen molar-refractivity contribution in [2.75, 3.05) is 13.1 Å². The largest absolute Gasteiger partial charge is 0.338 e. The van der Waals surface area contributed by atoms with Crippen LogP contribution in [0.5, 0.6) is 0 Å². The van der Waals surface area contributed by atoms with Crippen LogP contribution in [0.4, 0.5) is 0 Å². The van der Waals surface area contributed by atoms with E-state index in [2.05, 4.69) is 9.88 Å². The molecular formula is C24H25N3O. The molecule has 3 aromatic rings. The lowest BCUT2D eigenvalue weighted by Gasteiger charge is -2.41. The molecule has 2 atom stereocenters. The van der Waals surface area contributed by atoms with Gasteiger partial charge in [-0.1, -0.05) is 37.5 Å². The van der Waals surface area contributed by atoms with Crippen LogP contribution < -0.4 is 0 Å². The van der Waals surface area contributed by atoms with Crippen molar-refractivity contribution in [1.82, 2.24) is 14.9 Å². The highest BCUT2D eigenvalue weighted by Crippen LogP contribution is 2.37. The molecule has 4 heteroatoms. The van der Waals surface area contributed by atoms with Crippen LogP contribution in [0.1, 0.15) is 42.5 Å². The zero-order valence-corrected chi connectivity index (χ0v) is 16.1. The van der Waals surface area contributed by atoms with E-state index in [1.54, 1.807) is 12.4 Å². The van der Waals surface area contributed by atoms with Gasteiger partial charge in [0.25, 0.3) is 5.91 Å². The number of para-hydroxylation sites is 1. The minimum Gasteiger partial charge on any atom is -0.338 e. The Hall–Kier alpha value is -2.75. The fourth-order valence-electron chi connectivity index (χ4n) is 4.97. The molecule has 1 aromatic carbocycles. The summed E-state index contributed by atoms with van der Waals surface area (Å²) in [6, 6.07) is 13.8. The standard InChI is InChI=1S/C24H25N3O/c28-24(27-13-11-17-6-1-2-7-19(17)16-27)21-14-23(18-8-5-12-25-15-18)26-22-10-4-3-9-20(21)22/h3-5,8-10,12,14-15,17,19H,1-2,6-7,11,13,16H2/t17-,19+/m0/s1. The molecule has 1 amide bonds. The summed E-state index contributed by atoms with van der Waals surface area (Å²) in [6.07, 6.45) is 9.99. The van der Waals surface area contributed by atoms with E-state index in [1.165, 1.54) is 25.7 Å². The highest BCUT2D eigenvalue weighted by Gasteiger charge is 2.33. The van der Waals surface area contributed by atoms with Gasteiger partial charge in [0.1, 0.15) is 0 Å². The Bertz CT molecular complexity index is 1000. The van der Waals surface area contributed by atoms with Crippen molar-refractivity contribution in [3.63, 3.8) is 0 Å². The van der Waals surface area contributed by atoms with Crippen molar-refractivity contribution in [1.29, 1.82) is 0 Å². The Morgan fingerprint density at radius 1 is 1.00 bits per heavy atom. The van der Waals surface area contributed by atoms with Gasteiger partial charge in [-0.3, -0.25) is 9.78 Å². The van der Waals surface area contributed by atoms with Gasteiger partial charge in [0.05, 0.1) is 16.8 Å². The predicted molar refractivity (Wildman–Crippen MR) is 111 cm³/mol. The highest BCUT2D eigenvalue weighted by molar-refractivity contribution is 6.07. The van der Waals surface area contributed by atoms with Gasteiger partial charge in [-0.2, -0.15) is 0 Å². The molecule has 5 rings (SSSR count). The van der Waals surface area contributed by atoms with Crippen LogP contribution in [0.3, 0.4) is 0 Å². The third-order valence-electron chi connectivity index (χ3n) is 6.48. The van der Waals surface area contributed by atoms with Crippen LogP contribution in [0.15, 0.2) is 54.9 Å². The number of amides is 1. The normalized spacial score (nSPS) is 22.1. The quantitative estimate of drug-likeness (QED) is 0.640. The molecule has 1 saturated heterocycles. The van der Waals surface area contributed by atoms with E-state index in [1.807, 2.05) is 42.5 Å². The van der Waals surface area contributed by atoms with E-state index in [9.17, 15) is 4.79 Å². The maximum atomic E-state index is 13.6. The summed E-state index contributed by atoms with van der Waals surface area (Å²) < 4.78 is 0. The molecule has 2 aromatic heterocycles. The molecule has 1 aliphatic carbocycles. The molecule has 0 radical (unpaired) electrons. The third-order valence-corrected chi connectivity index (χ3v) is 6.48. The van der Waals surface area contributed by atoms with Gasteiger partial charge in [-0.15, -0.1) is 0 Å². The number of likely N-dealkylation sites (tertiary alicyclic amines) is 1. The van der Waals surface area contributed by atoms with Crippen molar-refractivity contribution in [3.05, 3.63) is 60.4 Å². The smallest absolute Gasteiger partial charge is 0.254 e. The molecule has 142 valence electrons. The molecule has 0 spiro atoms. The first-order valence-corrected chi connectivity index (χ1v) is 10.4. The third kappa shape index (κ3) is 3.17. The fourth-order valence-corrected chi connectivity index (χ4v) is 4.97. The molecule has 1 aliphatic heterocycles. The van der Waals surface area contributed by atoms with Gasteiger partial charge >= 0.3 is 0 Å². The number of hydrogen-bond donors (Lipinski definition) is 0. The Balaban J connectivity index is 1.53. The maximum absolute atomic E-state index is 13.6. The van der Waals surface area contributed by atoms with Gasteiger partial charge in [0.15, 0.2) is 0 Å². The van der Waals surface area contributed by atoms with E-state index >= 15 is 0 Å². The van der Waals surface area contributed by atoms with Gasteiger partial charge in [0.2, 0.25) is 0 Å². The molecule has 1 saturated carbocycles. The number of rotatable bonds is 2. The van der Waals surface area contributed by atoms with Gasteiger partial charge in [-0.05, 0) is 48.9 Å². The first-order chi connectivity index (χ1) is 13.8. The highest BCUT2D eigenvalue weighted by atomic mass is 16.2. The summed E-state index contributed by atoms with van der Waals surface area (Å²) >= 11 is 0. The van der Waals surface area contributed by atoms with E-state index < -0.39 is 0 Å². The number of pyridine rings is 2. The zero-order chi connectivity index (χ0) is 18.9. The van der Waals surface area contributed by atoms with Crippen LogP contribution in [-0.4, -0.2) is 33.9 Å². The maximum Gasteiger partial charge on any atom is 0.254 e. The summed E-state index contributed by atoms with van der Waals surface area (Å²) in [7, 11) is 0. The molecule has 3 heterocycles. The fraction of sp³-hybridized carbons (Fsp3) is 0.375. The zero-order valence-electron chi connectivity index (χ0n) is 16.1. The average molecular weight is 371 g/mol. The molecule has 4 nitrogen and oxygen atoms in total. The SMILES string of the molecule is O=C(c1cc(-c2cccnc2)nc2ccccc12)N1CC[C@@H]2CCCC[C@@H]2C1. The monoisotopic (exact) mass is 371 g/mol. The van der Waals surface area contributed by atoms with Crippen LogP contribution in [0.2, 0.25) is 0 Å². The van der Waals surface area contributed by atoms with Gasteiger partial charge in [-0.25, -0.2) is 4.98 Å². The number of carbonyl (C=O) groups excluding carboxylic acids is 1. The van der Waals surface area contributed by atoms with E-state index in [0.717, 1.165) is 53.2 Å². The van der Waals surface area contributed by atoms with Gasteiger partial charge in [0, 0.05) is 36.4 Å². The number of benzene rings is 1. The number of carbonyl (C=O) groups is 1. The Morgan fingerprint density at radius 2 is 1.86 bits per heavy atom. The average Bonchev–Trinajstić information content (AvgIpc) is 2.78.